The van der Waals surface area contributed by atoms with Gasteiger partial charge in [0.05, 0.1) is 36.5 Å². The minimum absolute atomic E-state index is 0.0576. The lowest BCUT2D eigenvalue weighted by molar-refractivity contribution is -0.138. The highest BCUT2D eigenvalue weighted by Crippen LogP contribution is 2.37. The summed E-state index contributed by atoms with van der Waals surface area (Å²) in [6.07, 6.45) is -9.36. The summed E-state index contributed by atoms with van der Waals surface area (Å²) in [4.78, 5) is 40.0. The first-order valence-electron chi connectivity index (χ1n) is 12.1. The van der Waals surface area contributed by atoms with Crippen LogP contribution in [-0.4, -0.2) is 31.9 Å². The van der Waals surface area contributed by atoms with E-state index in [2.05, 4.69) is 0 Å². The molecule has 0 spiro atoms. The number of benzene rings is 4. The van der Waals surface area contributed by atoms with Gasteiger partial charge in [0.2, 0.25) is 0 Å². The van der Waals surface area contributed by atoms with Crippen LogP contribution in [0.15, 0.2) is 84.9 Å². The molecule has 0 amide bonds. The van der Waals surface area contributed by atoms with Gasteiger partial charge in [-0.2, -0.15) is 26.3 Å². The summed E-state index contributed by atoms with van der Waals surface area (Å²) in [7, 11) is 1.96. The molecule has 0 atom stereocenters. The van der Waals surface area contributed by atoms with Crippen molar-refractivity contribution in [3.05, 3.63) is 118 Å². The van der Waals surface area contributed by atoms with Gasteiger partial charge >= 0.3 is 24.3 Å². The smallest absolute Gasteiger partial charge is 0.416 e. The van der Waals surface area contributed by atoms with Crippen molar-refractivity contribution in [1.82, 2.24) is 0 Å². The first kappa shape index (κ1) is 30.0. The molecule has 0 aliphatic heterocycles. The van der Waals surface area contributed by atoms with Gasteiger partial charge in [0, 0.05) is 11.1 Å². The van der Waals surface area contributed by atoms with Gasteiger partial charge in [-0.05, 0) is 52.6 Å². The van der Waals surface area contributed by atoms with Crippen LogP contribution in [0.4, 0.5) is 26.3 Å². The first-order valence-corrected chi connectivity index (χ1v) is 12.1. The van der Waals surface area contributed by atoms with Crippen molar-refractivity contribution in [1.29, 1.82) is 0 Å². The fraction of sp³-hybridized carbons (Fsp3) is 0.129. The molecule has 0 aliphatic rings. The topological polar surface area (TPSA) is 69.7 Å². The number of alkyl halides is 6. The van der Waals surface area contributed by atoms with Crippen LogP contribution in [0.25, 0.3) is 22.3 Å². The summed E-state index contributed by atoms with van der Waals surface area (Å²) < 4.78 is 90.1. The van der Waals surface area contributed by atoms with Crippen LogP contribution in [0.2, 0.25) is 0 Å². The second-order valence-corrected chi connectivity index (χ2v) is 8.93. The maximum atomic E-state index is 13.9. The quantitative estimate of drug-likeness (QED) is 0.131. The average molecular weight is 586 g/mol. The Morgan fingerprint density at radius 3 is 1.57 bits per heavy atom. The van der Waals surface area contributed by atoms with Crippen LogP contribution < -0.4 is 0 Å². The van der Waals surface area contributed by atoms with Crippen LogP contribution >= 0.6 is 0 Å². The molecule has 5 nitrogen and oxygen atoms in total. The Balaban J connectivity index is 1.97. The number of rotatable bonds is 6. The lowest BCUT2D eigenvalue weighted by Crippen LogP contribution is -2.19. The zero-order valence-electron chi connectivity index (χ0n) is 21.9. The van der Waals surface area contributed by atoms with Crippen molar-refractivity contribution >= 4 is 17.7 Å². The molecule has 42 heavy (non-hydrogen) atoms. The molecular formula is C31H20F6O5. The van der Waals surface area contributed by atoms with Gasteiger partial charge in [-0.1, -0.05) is 54.6 Å². The Morgan fingerprint density at radius 2 is 1.05 bits per heavy atom. The van der Waals surface area contributed by atoms with E-state index >= 15 is 0 Å². The largest absolute Gasteiger partial charge is 0.465 e. The minimum atomic E-state index is -4.71. The Hall–Kier alpha value is -4.93. The number of hydrogen-bond acceptors (Lipinski definition) is 5. The van der Waals surface area contributed by atoms with E-state index in [1.165, 1.54) is 48.5 Å². The van der Waals surface area contributed by atoms with E-state index in [4.69, 9.17) is 9.47 Å². The van der Waals surface area contributed by atoms with Gasteiger partial charge in [-0.25, -0.2) is 9.59 Å². The highest BCUT2D eigenvalue weighted by molar-refractivity contribution is 6.21. The fourth-order valence-electron chi connectivity index (χ4n) is 4.46. The fourth-order valence-corrected chi connectivity index (χ4v) is 4.46. The van der Waals surface area contributed by atoms with E-state index in [9.17, 15) is 40.7 Å². The maximum Gasteiger partial charge on any atom is 0.416 e. The molecule has 4 aromatic carbocycles. The molecule has 0 N–H and O–H groups in total. The van der Waals surface area contributed by atoms with E-state index in [-0.39, 0.29) is 33.4 Å². The molecular weight excluding hydrogens is 566 g/mol. The Labute approximate surface area is 235 Å². The number of carbonyl (C=O) groups is 3. The van der Waals surface area contributed by atoms with E-state index < -0.39 is 52.3 Å². The average Bonchev–Trinajstić information content (AvgIpc) is 2.98. The van der Waals surface area contributed by atoms with Gasteiger partial charge in [-0.15, -0.1) is 0 Å². The van der Waals surface area contributed by atoms with Crippen molar-refractivity contribution in [2.75, 3.05) is 14.2 Å². The van der Waals surface area contributed by atoms with Gasteiger partial charge in [-0.3, -0.25) is 4.79 Å². The predicted molar refractivity (Wildman–Crippen MR) is 140 cm³/mol. The second kappa shape index (κ2) is 11.5. The monoisotopic (exact) mass is 586 g/mol. The Morgan fingerprint density at radius 1 is 0.548 bits per heavy atom. The van der Waals surface area contributed by atoms with Crippen molar-refractivity contribution < 1.29 is 50.2 Å². The number of hydrogen-bond donors (Lipinski definition) is 0. The van der Waals surface area contributed by atoms with Crippen molar-refractivity contribution in [3.63, 3.8) is 0 Å². The van der Waals surface area contributed by atoms with Gasteiger partial charge in [0.15, 0.2) is 5.78 Å². The number of carbonyl (C=O) groups excluding carboxylic acids is 3. The third-order valence-corrected chi connectivity index (χ3v) is 6.40. The van der Waals surface area contributed by atoms with Crippen LogP contribution in [0.3, 0.4) is 0 Å². The lowest BCUT2D eigenvalue weighted by atomic mass is 9.86. The molecule has 0 saturated heterocycles. The van der Waals surface area contributed by atoms with E-state index in [1.54, 1.807) is 0 Å². The number of ether oxygens (including phenoxy) is 2. The summed E-state index contributed by atoms with van der Waals surface area (Å²) in [5, 5.41) is 0. The molecule has 0 fully saturated rings. The highest BCUT2D eigenvalue weighted by atomic mass is 19.4. The SMILES string of the molecule is COC(=O)c1c(C(=O)c2ccccc2-c2cccc(C(F)(F)F)c2)ccc(-c2cccc(C(F)(F)F)c2)c1C(=O)OC. The molecule has 11 heteroatoms. The third kappa shape index (κ3) is 5.90. The van der Waals surface area contributed by atoms with Crippen molar-refractivity contribution in [2.45, 2.75) is 12.4 Å². The molecule has 0 aliphatic carbocycles. The third-order valence-electron chi connectivity index (χ3n) is 6.40. The van der Waals surface area contributed by atoms with Crippen molar-refractivity contribution in [3.8, 4) is 22.3 Å². The molecule has 0 aromatic heterocycles. The Bertz CT molecular complexity index is 1690. The summed E-state index contributed by atoms with van der Waals surface area (Å²) in [5.74, 6) is -3.16. The molecule has 4 aromatic rings. The zero-order valence-corrected chi connectivity index (χ0v) is 21.9. The standard InChI is InChI=1S/C31H20F6O5/c1-41-28(39)25-22(18-8-6-10-20(16-18)31(35,36)37)13-14-24(26(25)29(40)42-2)27(38)23-12-4-3-11-21(23)17-7-5-9-19(15-17)30(32,33)34/h3-16H,1-2H3. The van der Waals surface area contributed by atoms with Crippen LogP contribution in [0.1, 0.15) is 47.8 Å². The maximum absolute atomic E-state index is 13.9. The summed E-state index contributed by atoms with van der Waals surface area (Å²) in [6, 6.07) is 16.3. The molecule has 0 bridgehead atoms. The number of esters is 2. The van der Waals surface area contributed by atoms with Crippen molar-refractivity contribution in [2.24, 2.45) is 0 Å². The molecule has 216 valence electrons. The second-order valence-electron chi connectivity index (χ2n) is 8.93. The molecule has 0 saturated carbocycles. The first-order chi connectivity index (χ1) is 19.8. The Kier molecular flexibility index (Phi) is 8.24. The molecule has 0 radical (unpaired) electrons. The summed E-state index contributed by atoms with van der Waals surface area (Å²) in [5.41, 5.74) is -3.64. The van der Waals surface area contributed by atoms with Crippen LogP contribution in [-0.2, 0) is 21.8 Å². The molecule has 0 heterocycles. The van der Waals surface area contributed by atoms with Crippen LogP contribution in [0.5, 0.6) is 0 Å². The molecule has 4 rings (SSSR count). The summed E-state index contributed by atoms with van der Waals surface area (Å²) in [6.45, 7) is 0. The highest BCUT2D eigenvalue weighted by Gasteiger charge is 2.34. The van der Waals surface area contributed by atoms with E-state index in [0.717, 1.165) is 50.6 Å². The van der Waals surface area contributed by atoms with E-state index in [1.807, 2.05) is 0 Å². The lowest BCUT2D eigenvalue weighted by Gasteiger charge is -2.18. The minimum Gasteiger partial charge on any atom is -0.465 e. The van der Waals surface area contributed by atoms with Gasteiger partial charge < -0.3 is 9.47 Å². The van der Waals surface area contributed by atoms with Gasteiger partial charge in [0.1, 0.15) is 0 Å². The van der Waals surface area contributed by atoms with E-state index in [0.29, 0.717) is 0 Å². The van der Waals surface area contributed by atoms with Gasteiger partial charge in [0.25, 0.3) is 0 Å². The van der Waals surface area contributed by atoms with Crippen LogP contribution in [0, 0.1) is 0 Å². The number of halogens is 6. The molecule has 0 unspecified atom stereocenters. The number of methoxy groups -OCH3 is 2. The predicted octanol–water partition coefficient (Wildman–Crippen LogP) is 7.86. The summed E-state index contributed by atoms with van der Waals surface area (Å²) >= 11 is 0. The zero-order chi connectivity index (χ0) is 30.8. The number of ketones is 1. The normalized spacial score (nSPS) is 11.6.